The number of nitrogen functional groups attached to an aromatic ring is 1. The number of hydrogen-bond donors (Lipinski definition) is 3. The van der Waals surface area contributed by atoms with Crippen molar-refractivity contribution in [3.05, 3.63) is 65.6 Å². The quantitative estimate of drug-likeness (QED) is 0.403. The molecule has 0 bridgehead atoms. The summed E-state index contributed by atoms with van der Waals surface area (Å²) < 4.78 is 49.8. The molecule has 1 atom stereocenters. The van der Waals surface area contributed by atoms with Crippen LogP contribution in [-0.4, -0.2) is 61.6 Å². The van der Waals surface area contributed by atoms with Crippen molar-refractivity contribution in [1.29, 1.82) is 0 Å². The highest BCUT2D eigenvalue weighted by molar-refractivity contribution is 7.89. The fourth-order valence-corrected chi connectivity index (χ4v) is 6.47. The van der Waals surface area contributed by atoms with Crippen LogP contribution in [0.1, 0.15) is 49.5 Å². The van der Waals surface area contributed by atoms with Crippen molar-refractivity contribution < 1.29 is 27.1 Å². The van der Waals surface area contributed by atoms with Gasteiger partial charge < -0.3 is 20.7 Å². The first kappa shape index (κ1) is 29.5. The molecule has 222 valence electrons. The molecule has 2 aromatic carbocycles. The van der Waals surface area contributed by atoms with E-state index in [1.54, 1.807) is 39.0 Å². The molecule has 0 spiro atoms. The van der Waals surface area contributed by atoms with Crippen LogP contribution in [0, 0.1) is 5.82 Å². The maximum atomic E-state index is 15.4. The van der Waals surface area contributed by atoms with E-state index in [9.17, 15) is 18.0 Å². The maximum absolute atomic E-state index is 15.4. The second-order valence-electron chi connectivity index (χ2n) is 11.6. The van der Waals surface area contributed by atoms with E-state index >= 15 is 4.39 Å². The molecular weight excluding hydrogens is 561 g/mol. The van der Waals surface area contributed by atoms with Crippen molar-refractivity contribution in [2.75, 3.05) is 25.4 Å². The molecule has 0 aliphatic carbocycles. The number of carbonyl (C=O) groups is 2. The Morgan fingerprint density at radius 1 is 1.12 bits per heavy atom. The third-order valence-electron chi connectivity index (χ3n) is 7.22. The molecule has 2 amide bonds. The standard InChI is InChI=1S/C30H34FN5O5S/c1-30(2,3)41-29(38)36-12-4-5-21(17-36)35-42(39,40)22-7-9-23(26(31)15-22)20-14-25(27(32)34-16-20)18-6-8-24-19(13-18)10-11-33-28(24)37/h6-9,13-16,21,35H,4-5,10-12,17H2,1-3H3,(H2,32,34)(H,33,37). The fraction of sp³-hybridized carbons (Fsp3) is 0.367. The summed E-state index contributed by atoms with van der Waals surface area (Å²) in [7, 11) is -4.07. The molecule has 0 radical (unpaired) electrons. The number of fused-ring (bicyclic) bond motifs is 1. The van der Waals surface area contributed by atoms with Crippen molar-refractivity contribution in [1.82, 2.24) is 19.9 Å². The molecule has 2 aliphatic heterocycles. The van der Waals surface area contributed by atoms with Crippen LogP contribution in [0.15, 0.2) is 53.6 Å². The Morgan fingerprint density at radius 3 is 2.62 bits per heavy atom. The smallest absolute Gasteiger partial charge is 0.410 e. The highest BCUT2D eigenvalue weighted by Gasteiger charge is 2.30. The zero-order valence-corrected chi connectivity index (χ0v) is 24.6. The van der Waals surface area contributed by atoms with Gasteiger partial charge in [0.05, 0.1) is 4.90 Å². The lowest BCUT2D eigenvalue weighted by Gasteiger charge is -2.34. The summed E-state index contributed by atoms with van der Waals surface area (Å²) in [4.78, 5) is 30.1. The van der Waals surface area contributed by atoms with Gasteiger partial charge in [0, 0.05) is 54.1 Å². The number of pyridine rings is 1. The van der Waals surface area contributed by atoms with Gasteiger partial charge in [-0.3, -0.25) is 4.79 Å². The van der Waals surface area contributed by atoms with E-state index in [1.807, 2.05) is 6.07 Å². The summed E-state index contributed by atoms with van der Waals surface area (Å²) in [5.41, 5.74) is 8.90. The van der Waals surface area contributed by atoms with E-state index in [-0.39, 0.29) is 28.7 Å². The summed E-state index contributed by atoms with van der Waals surface area (Å²) >= 11 is 0. The number of sulfonamides is 1. The first-order valence-electron chi connectivity index (χ1n) is 13.8. The number of likely N-dealkylation sites (tertiary alicyclic amines) is 1. The minimum absolute atomic E-state index is 0.127. The summed E-state index contributed by atoms with van der Waals surface area (Å²) in [5.74, 6) is -0.620. The van der Waals surface area contributed by atoms with Crippen molar-refractivity contribution in [3.8, 4) is 22.3 Å². The molecule has 4 N–H and O–H groups in total. The first-order chi connectivity index (χ1) is 19.8. The Kier molecular flexibility index (Phi) is 7.95. The second-order valence-corrected chi connectivity index (χ2v) is 13.3. The number of benzene rings is 2. The van der Waals surface area contributed by atoms with Crippen LogP contribution in [0.3, 0.4) is 0 Å². The molecule has 2 aliphatic rings. The van der Waals surface area contributed by atoms with E-state index in [2.05, 4.69) is 15.0 Å². The Balaban J connectivity index is 1.35. The van der Waals surface area contributed by atoms with Crippen LogP contribution in [0.5, 0.6) is 0 Å². The van der Waals surface area contributed by atoms with Crippen LogP contribution in [0.2, 0.25) is 0 Å². The largest absolute Gasteiger partial charge is 0.444 e. The number of hydrogen-bond acceptors (Lipinski definition) is 7. The molecule has 10 nitrogen and oxygen atoms in total. The van der Waals surface area contributed by atoms with Crippen molar-refractivity contribution >= 4 is 27.8 Å². The highest BCUT2D eigenvalue weighted by Crippen LogP contribution is 2.33. The van der Waals surface area contributed by atoms with Gasteiger partial charge in [-0.05, 0) is 75.4 Å². The summed E-state index contributed by atoms with van der Waals surface area (Å²) in [6.07, 6.45) is 2.75. The number of nitrogens with zero attached hydrogens (tertiary/aromatic N) is 2. The zero-order chi connectivity index (χ0) is 30.2. The molecule has 3 aromatic rings. The normalized spacial score (nSPS) is 17.4. The second kappa shape index (κ2) is 11.3. The van der Waals surface area contributed by atoms with E-state index < -0.39 is 33.6 Å². The average molecular weight is 596 g/mol. The number of nitrogens with one attached hydrogen (secondary N) is 2. The van der Waals surface area contributed by atoms with E-state index in [0.717, 1.165) is 17.2 Å². The number of anilines is 1. The van der Waals surface area contributed by atoms with Gasteiger partial charge in [0.25, 0.3) is 5.91 Å². The SMILES string of the molecule is CC(C)(C)OC(=O)N1CCCC(NS(=O)(=O)c2ccc(-c3cnc(N)c(-c4ccc5c(c4)CCNC5=O)c3)c(F)c2)C1. The fourth-order valence-electron chi connectivity index (χ4n) is 5.20. The maximum Gasteiger partial charge on any atom is 0.410 e. The number of carbonyl (C=O) groups excluding carboxylic acids is 2. The van der Waals surface area contributed by atoms with Gasteiger partial charge in [0.1, 0.15) is 17.2 Å². The zero-order valence-electron chi connectivity index (χ0n) is 23.7. The number of rotatable bonds is 5. The monoisotopic (exact) mass is 595 g/mol. The van der Waals surface area contributed by atoms with Gasteiger partial charge in [0.15, 0.2) is 0 Å². The Labute approximate surface area is 244 Å². The van der Waals surface area contributed by atoms with Gasteiger partial charge >= 0.3 is 6.09 Å². The van der Waals surface area contributed by atoms with Crippen LogP contribution in [0.25, 0.3) is 22.3 Å². The third kappa shape index (κ3) is 6.39. The van der Waals surface area contributed by atoms with E-state index in [1.165, 1.54) is 23.2 Å². The Bertz CT molecular complexity index is 1650. The average Bonchev–Trinajstić information content (AvgIpc) is 2.92. The number of aromatic nitrogens is 1. The van der Waals surface area contributed by atoms with Crippen LogP contribution < -0.4 is 15.8 Å². The molecule has 3 heterocycles. The molecule has 5 rings (SSSR count). The number of halogens is 1. The van der Waals surface area contributed by atoms with Gasteiger partial charge in [0.2, 0.25) is 10.0 Å². The summed E-state index contributed by atoms with van der Waals surface area (Å²) in [6, 6.07) is 10.3. The Morgan fingerprint density at radius 2 is 1.88 bits per heavy atom. The first-order valence-corrected chi connectivity index (χ1v) is 15.3. The topological polar surface area (TPSA) is 144 Å². The predicted octanol–water partition coefficient (Wildman–Crippen LogP) is 4.10. The third-order valence-corrected chi connectivity index (χ3v) is 8.73. The van der Waals surface area contributed by atoms with Gasteiger partial charge in [-0.1, -0.05) is 18.2 Å². The minimum atomic E-state index is -4.07. The van der Waals surface area contributed by atoms with Crippen molar-refractivity contribution in [2.24, 2.45) is 0 Å². The Hall–Kier alpha value is -4.03. The van der Waals surface area contributed by atoms with E-state index in [0.29, 0.717) is 49.0 Å². The molecule has 1 saturated heterocycles. The van der Waals surface area contributed by atoms with E-state index in [4.69, 9.17) is 10.5 Å². The number of piperidine rings is 1. The number of nitrogens with two attached hydrogens (primary N) is 1. The lowest BCUT2D eigenvalue weighted by molar-refractivity contribution is 0.0195. The minimum Gasteiger partial charge on any atom is -0.444 e. The number of amides is 2. The highest BCUT2D eigenvalue weighted by atomic mass is 32.2. The summed E-state index contributed by atoms with van der Waals surface area (Å²) in [6.45, 7) is 6.47. The van der Waals surface area contributed by atoms with Crippen LogP contribution >= 0.6 is 0 Å². The lowest BCUT2D eigenvalue weighted by Crippen LogP contribution is -2.50. The van der Waals surface area contributed by atoms with Crippen LogP contribution in [-0.2, 0) is 21.2 Å². The van der Waals surface area contributed by atoms with Gasteiger partial charge in [-0.2, -0.15) is 0 Å². The van der Waals surface area contributed by atoms with Crippen LogP contribution in [0.4, 0.5) is 15.0 Å². The molecular formula is C30H34FN5O5S. The molecule has 42 heavy (non-hydrogen) atoms. The predicted molar refractivity (Wildman–Crippen MR) is 157 cm³/mol. The van der Waals surface area contributed by atoms with Gasteiger partial charge in [-0.25, -0.2) is 27.3 Å². The van der Waals surface area contributed by atoms with Crippen molar-refractivity contribution in [3.63, 3.8) is 0 Å². The molecule has 1 unspecified atom stereocenters. The molecule has 12 heteroatoms. The molecule has 0 saturated carbocycles. The molecule has 1 fully saturated rings. The van der Waals surface area contributed by atoms with Crippen molar-refractivity contribution in [2.45, 2.75) is 56.6 Å². The van der Waals surface area contributed by atoms with Gasteiger partial charge in [-0.15, -0.1) is 0 Å². The summed E-state index contributed by atoms with van der Waals surface area (Å²) in [5, 5.41) is 2.81. The number of ether oxygens (including phenoxy) is 1. The lowest BCUT2D eigenvalue weighted by atomic mass is 9.94. The molecule has 1 aromatic heterocycles.